The van der Waals surface area contributed by atoms with E-state index in [1.54, 1.807) is 19.0 Å². The van der Waals surface area contributed by atoms with Crippen molar-refractivity contribution >= 4 is 23.6 Å². The van der Waals surface area contributed by atoms with E-state index < -0.39 is 29.2 Å². The minimum absolute atomic E-state index is 0.0542. The summed E-state index contributed by atoms with van der Waals surface area (Å²) in [5.41, 5.74) is -0.472. The predicted molar refractivity (Wildman–Crippen MR) is 102 cm³/mol. The average Bonchev–Trinajstić information content (AvgIpc) is 2.73. The molecule has 0 bridgehead atoms. The third kappa shape index (κ3) is 5.04. The third-order valence-electron chi connectivity index (χ3n) is 4.39. The molecule has 11 heteroatoms. The van der Waals surface area contributed by atoms with Crippen LogP contribution in [0.25, 0.3) is 0 Å². The third-order valence-corrected chi connectivity index (χ3v) is 4.39. The Hall–Kier alpha value is -3.11. The number of aromatic nitrogens is 3. The SMILES string of the molecule is CN(C)c1nc(CNC(=O)Nc2ccc(F)c(F)c2F)nc(N2CCCCC2)n1. The van der Waals surface area contributed by atoms with Crippen LogP contribution in [-0.2, 0) is 6.54 Å². The van der Waals surface area contributed by atoms with E-state index in [1.165, 1.54) is 0 Å². The molecule has 0 unspecified atom stereocenters. The summed E-state index contributed by atoms with van der Waals surface area (Å²) in [6, 6.07) is 0.865. The number of carbonyl (C=O) groups excluding carboxylic acids is 1. The van der Waals surface area contributed by atoms with Crippen molar-refractivity contribution in [2.45, 2.75) is 25.8 Å². The number of piperidine rings is 1. The molecule has 2 amide bonds. The highest BCUT2D eigenvalue weighted by atomic mass is 19.2. The number of rotatable bonds is 5. The summed E-state index contributed by atoms with van der Waals surface area (Å²) in [5, 5.41) is 4.62. The summed E-state index contributed by atoms with van der Waals surface area (Å²) >= 11 is 0. The van der Waals surface area contributed by atoms with Crippen molar-refractivity contribution in [3.05, 3.63) is 35.4 Å². The lowest BCUT2D eigenvalue weighted by atomic mass is 10.1. The maximum absolute atomic E-state index is 13.7. The molecule has 1 saturated heterocycles. The van der Waals surface area contributed by atoms with Crippen LogP contribution >= 0.6 is 0 Å². The highest BCUT2D eigenvalue weighted by Gasteiger charge is 2.18. The molecule has 3 rings (SSSR count). The first-order valence-electron chi connectivity index (χ1n) is 9.20. The Balaban J connectivity index is 1.70. The quantitative estimate of drug-likeness (QED) is 0.739. The second-order valence-electron chi connectivity index (χ2n) is 6.82. The van der Waals surface area contributed by atoms with Gasteiger partial charge in [0.05, 0.1) is 12.2 Å². The molecule has 156 valence electrons. The standard InChI is InChI=1S/C18H22F3N7O/c1-27(2)16-24-13(25-17(26-16)28-8-4-3-5-9-28)10-22-18(29)23-12-7-6-11(19)14(20)15(12)21/h6-7H,3-5,8-10H2,1-2H3,(H2,22,23,29). The second kappa shape index (κ2) is 8.93. The van der Waals surface area contributed by atoms with Crippen LogP contribution in [0.3, 0.4) is 0 Å². The molecule has 2 heterocycles. The molecule has 8 nitrogen and oxygen atoms in total. The van der Waals surface area contributed by atoms with Gasteiger partial charge < -0.3 is 20.4 Å². The van der Waals surface area contributed by atoms with Gasteiger partial charge in [-0.05, 0) is 31.4 Å². The van der Waals surface area contributed by atoms with E-state index in [2.05, 4.69) is 30.5 Å². The molecular weight excluding hydrogens is 387 g/mol. The second-order valence-corrected chi connectivity index (χ2v) is 6.82. The fourth-order valence-corrected chi connectivity index (χ4v) is 2.86. The van der Waals surface area contributed by atoms with Gasteiger partial charge in [0.25, 0.3) is 0 Å². The van der Waals surface area contributed by atoms with Gasteiger partial charge in [0.2, 0.25) is 11.9 Å². The van der Waals surface area contributed by atoms with Crippen molar-refractivity contribution in [3.63, 3.8) is 0 Å². The number of hydrogen-bond acceptors (Lipinski definition) is 6. The molecule has 2 N–H and O–H groups in total. The zero-order valence-electron chi connectivity index (χ0n) is 16.2. The van der Waals surface area contributed by atoms with Gasteiger partial charge in [-0.15, -0.1) is 0 Å². The highest BCUT2D eigenvalue weighted by molar-refractivity contribution is 5.89. The average molecular weight is 409 g/mol. The molecule has 29 heavy (non-hydrogen) atoms. The Morgan fingerprint density at radius 1 is 1.07 bits per heavy atom. The Morgan fingerprint density at radius 3 is 2.48 bits per heavy atom. The lowest BCUT2D eigenvalue weighted by Gasteiger charge is -2.27. The molecule has 1 fully saturated rings. The number of hydrogen-bond donors (Lipinski definition) is 2. The summed E-state index contributed by atoms with van der Waals surface area (Å²) in [5.74, 6) is -3.15. The van der Waals surface area contributed by atoms with Gasteiger partial charge >= 0.3 is 6.03 Å². The monoisotopic (exact) mass is 409 g/mol. The van der Waals surface area contributed by atoms with Gasteiger partial charge in [0.15, 0.2) is 23.3 Å². The molecule has 1 aliphatic heterocycles. The van der Waals surface area contributed by atoms with Crippen molar-refractivity contribution in [1.29, 1.82) is 0 Å². The number of carbonyl (C=O) groups is 1. The van der Waals surface area contributed by atoms with E-state index in [-0.39, 0.29) is 6.54 Å². The van der Waals surface area contributed by atoms with Crippen LogP contribution in [0, 0.1) is 17.5 Å². The predicted octanol–water partition coefficient (Wildman–Crippen LogP) is 2.67. The van der Waals surface area contributed by atoms with Gasteiger partial charge in [-0.2, -0.15) is 15.0 Å². The molecule has 0 aliphatic carbocycles. The van der Waals surface area contributed by atoms with Crippen LogP contribution < -0.4 is 20.4 Å². The summed E-state index contributed by atoms with van der Waals surface area (Å²) in [4.78, 5) is 29.0. The molecular formula is C18H22F3N7O. The zero-order valence-corrected chi connectivity index (χ0v) is 16.2. The summed E-state index contributed by atoms with van der Waals surface area (Å²) in [7, 11) is 3.59. The van der Waals surface area contributed by atoms with E-state index in [0.29, 0.717) is 17.7 Å². The van der Waals surface area contributed by atoms with Crippen LogP contribution in [-0.4, -0.2) is 48.2 Å². The van der Waals surface area contributed by atoms with Crippen molar-refractivity contribution in [2.75, 3.05) is 42.3 Å². The molecule has 1 aliphatic rings. The summed E-state index contributed by atoms with van der Waals surface area (Å²) in [6.07, 6.45) is 3.27. The van der Waals surface area contributed by atoms with Crippen molar-refractivity contribution in [2.24, 2.45) is 0 Å². The van der Waals surface area contributed by atoms with Crippen molar-refractivity contribution < 1.29 is 18.0 Å². The summed E-state index contributed by atoms with van der Waals surface area (Å²) < 4.78 is 39.9. The van der Waals surface area contributed by atoms with E-state index in [1.807, 2.05) is 0 Å². The molecule has 2 aromatic rings. The number of halogens is 3. The first-order valence-corrected chi connectivity index (χ1v) is 9.20. The molecule has 0 saturated carbocycles. The first-order chi connectivity index (χ1) is 13.8. The maximum atomic E-state index is 13.7. The van der Waals surface area contributed by atoms with Crippen LogP contribution in [0.5, 0.6) is 0 Å². The van der Waals surface area contributed by atoms with E-state index in [0.717, 1.165) is 44.5 Å². The lowest BCUT2D eigenvalue weighted by molar-refractivity contribution is 0.251. The fourth-order valence-electron chi connectivity index (χ4n) is 2.86. The normalized spacial score (nSPS) is 13.9. The topological polar surface area (TPSA) is 86.3 Å². The molecule has 0 atom stereocenters. The number of urea groups is 1. The van der Waals surface area contributed by atoms with Crippen LogP contribution in [0.15, 0.2) is 12.1 Å². The Bertz CT molecular complexity index is 888. The molecule has 1 aromatic carbocycles. The number of anilines is 3. The first kappa shape index (κ1) is 20.6. The van der Waals surface area contributed by atoms with Crippen LogP contribution in [0.1, 0.15) is 25.1 Å². The molecule has 1 aromatic heterocycles. The minimum Gasteiger partial charge on any atom is -0.347 e. The van der Waals surface area contributed by atoms with Gasteiger partial charge in [0, 0.05) is 27.2 Å². The largest absolute Gasteiger partial charge is 0.347 e. The Morgan fingerprint density at radius 2 is 1.79 bits per heavy atom. The molecule has 0 radical (unpaired) electrons. The van der Waals surface area contributed by atoms with Crippen LogP contribution in [0.4, 0.5) is 35.5 Å². The number of nitrogens with zero attached hydrogens (tertiary/aromatic N) is 5. The van der Waals surface area contributed by atoms with Gasteiger partial charge in [-0.25, -0.2) is 18.0 Å². The van der Waals surface area contributed by atoms with Gasteiger partial charge in [-0.3, -0.25) is 0 Å². The van der Waals surface area contributed by atoms with Gasteiger partial charge in [-0.1, -0.05) is 0 Å². The van der Waals surface area contributed by atoms with E-state index in [4.69, 9.17) is 0 Å². The minimum atomic E-state index is -1.65. The van der Waals surface area contributed by atoms with Crippen LogP contribution in [0.2, 0.25) is 0 Å². The lowest BCUT2D eigenvalue weighted by Crippen LogP contribution is -2.33. The highest BCUT2D eigenvalue weighted by Crippen LogP contribution is 2.20. The van der Waals surface area contributed by atoms with Crippen molar-refractivity contribution in [1.82, 2.24) is 20.3 Å². The maximum Gasteiger partial charge on any atom is 0.319 e. The van der Waals surface area contributed by atoms with E-state index >= 15 is 0 Å². The number of amides is 2. The van der Waals surface area contributed by atoms with E-state index in [9.17, 15) is 18.0 Å². The fraction of sp³-hybridized carbons (Fsp3) is 0.444. The smallest absolute Gasteiger partial charge is 0.319 e. The zero-order chi connectivity index (χ0) is 21.0. The Labute approximate surface area is 166 Å². The van der Waals surface area contributed by atoms with Crippen molar-refractivity contribution in [3.8, 4) is 0 Å². The number of benzene rings is 1. The molecule has 0 spiro atoms. The van der Waals surface area contributed by atoms with Gasteiger partial charge in [0.1, 0.15) is 0 Å². The Kier molecular flexibility index (Phi) is 6.35. The summed E-state index contributed by atoms with van der Waals surface area (Å²) in [6.45, 7) is 1.64. The number of nitrogens with one attached hydrogen (secondary N) is 2.